The Morgan fingerprint density at radius 3 is 1.77 bits per heavy atom. The number of fused-ring (bicyclic) bond motifs is 10. The van der Waals surface area contributed by atoms with Gasteiger partial charge in [0, 0.05) is 27.5 Å². The zero-order chi connectivity index (χ0) is 31.6. The molecule has 0 atom stereocenters. The van der Waals surface area contributed by atoms with Crippen LogP contribution in [0.5, 0.6) is 0 Å². The van der Waals surface area contributed by atoms with Gasteiger partial charge in [0.15, 0.2) is 5.82 Å². The summed E-state index contributed by atoms with van der Waals surface area (Å²) in [6, 6.07) is 54.3. The van der Waals surface area contributed by atoms with Crippen LogP contribution in [0.3, 0.4) is 0 Å². The minimum Gasteiger partial charge on any atom is -0.439 e. The van der Waals surface area contributed by atoms with Gasteiger partial charge in [0.2, 0.25) is 5.71 Å². The van der Waals surface area contributed by atoms with Crippen LogP contribution in [0.15, 0.2) is 162 Å². The highest BCUT2D eigenvalue weighted by molar-refractivity contribution is 6.22. The molecule has 5 heteroatoms. The van der Waals surface area contributed by atoms with Gasteiger partial charge in [-0.15, -0.1) is 0 Å². The summed E-state index contributed by atoms with van der Waals surface area (Å²) in [6.45, 7) is 0. The Morgan fingerprint density at radius 1 is 0.438 bits per heavy atom. The zero-order valence-electron chi connectivity index (χ0n) is 25.7. The van der Waals surface area contributed by atoms with Crippen LogP contribution in [-0.2, 0) is 0 Å². The Labute approximate surface area is 275 Å². The third kappa shape index (κ3) is 4.15. The minimum absolute atomic E-state index is 0.695. The number of benzene rings is 6. The number of pyridine rings is 1. The summed E-state index contributed by atoms with van der Waals surface area (Å²) in [7, 11) is 0. The number of rotatable bonds is 4. The highest BCUT2D eigenvalue weighted by atomic mass is 16.3. The molecule has 0 aliphatic rings. The number of hydrogen-bond acceptors (Lipinski definition) is 4. The lowest BCUT2D eigenvalue weighted by Crippen LogP contribution is -1.95. The van der Waals surface area contributed by atoms with Crippen molar-refractivity contribution in [3.8, 4) is 45.0 Å². The second-order valence-electron chi connectivity index (χ2n) is 12.1. The van der Waals surface area contributed by atoms with Crippen LogP contribution in [-0.4, -0.2) is 19.4 Å². The molecule has 10 aromatic rings. The van der Waals surface area contributed by atoms with Gasteiger partial charge in [0.1, 0.15) is 11.2 Å². The molecule has 0 saturated heterocycles. The molecule has 0 aliphatic carbocycles. The van der Waals surface area contributed by atoms with Crippen LogP contribution in [0.25, 0.3) is 94.6 Å². The normalized spacial score (nSPS) is 11.8. The highest BCUT2D eigenvalue weighted by Crippen LogP contribution is 2.40. The fourth-order valence-corrected chi connectivity index (χ4v) is 6.89. The van der Waals surface area contributed by atoms with E-state index in [1.54, 1.807) is 0 Å². The Bertz CT molecular complexity index is 2760. The summed E-state index contributed by atoms with van der Waals surface area (Å²) in [5.41, 5.74) is 11.6. The summed E-state index contributed by atoms with van der Waals surface area (Å²) < 4.78 is 8.77. The molecule has 0 unspecified atom stereocenters. The van der Waals surface area contributed by atoms with E-state index in [0.717, 1.165) is 88.7 Å². The molecule has 4 heterocycles. The summed E-state index contributed by atoms with van der Waals surface area (Å²) in [6.07, 6.45) is 0. The number of furan rings is 1. The molecule has 6 aromatic carbocycles. The molecule has 0 aliphatic heterocycles. The first-order valence-corrected chi connectivity index (χ1v) is 16.0. The third-order valence-electron chi connectivity index (χ3n) is 9.21. The van der Waals surface area contributed by atoms with Gasteiger partial charge in [0.05, 0.1) is 27.8 Å². The smallest absolute Gasteiger partial charge is 0.215 e. The summed E-state index contributed by atoms with van der Waals surface area (Å²) >= 11 is 0. The van der Waals surface area contributed by atoms with Crippen molar-refractivity contribution in [3.05, 3.63) is 158 Å². The highest BCUT2D eigenvalue weighted by Gasteiger charge is 2.19. The third-order valence-corrected chi connectivity index (χ3v) is 9.21. The summed E-state index contributed by atoms with van der Waals surface area (Å²) in [5, 5.41) is 4.40. The zero-order valence-corrected chi connectivity index (χ0v) is 25.7. The van der Waals surface area contributed by atoms with Gasteiger partial charge in [-0.25, -0.2) is 15.0 Å². The fraction of sp³-hybridized carbons (Fsp3) is 0. The van der Waals surface area contributed by atoms with E-state index in [2.05, 4.69) is 114 Å². The van der Waals surface area contributed by atoms with Crippen LogP contribution in [0.1, 0.15) is 0 Å². The molecule has 0 bridgehead atoms. The Balaban J connectivity index is 1.11. The molecule has 5 nitrogen and oxygen atoms in total. The van der Waals surface area contributed by atoms with Crippen LogP contribution in [0.2, 0.25) is 0 Å². The van der Waals surface area contributed by atoms with E-state index in [1.165, 1.54) is 0 Å². The van der Waals surface area contributed by atoms with E-state index < -0.39 is 0 Å². The molecule has 0 saturated carbocycles. The van der Waals surface area contributed by atoms with Gasteiger partial charge in [0.25, 0.3) is 0 Å². The number of imidazole rings is 1. The topological polar surface area (TPSA) is 56.2 Å². The molecule has 0 spiro atoms. The lowest BCUT2D eigenvalue weighted by atomic mass is 10.00. The molecule has 224 valence electrons. The summed E-state index contributed by atoms with van der Waals surface area (Å²) in [5.74, 6) is 0.695. The predicted molar refractivity (Wildman–Crippen MR) is 195 cm³/mol. The molecule has 4 aromatic heterocycles. The number of hydrogen-bond donors (Lipinski definition) is 0. The predicted octanol–water partition coefficient (Wildman–Crippen LogP) is 11.0. The quantitative estimate of drug-likeness (QED) is 0.198. The molecule has 10 rings (SSSR count). The minimum atomic E-state index is 0.695. The van der Waals surface area contributed by atoms with Crippen LogP contribution in [0, 0.1) is 0 Å². The van der Waals surface area contributed by atoms with Crippen molar-refractivity contribution in [2.24, 2.45) is 0 Å². The maximum Gasteiger partial charge on any atom is 0.215 e. The number of aromatic nitrogens is 4. The monoisotopic (exact) mass is 614 g/mol. The molecular weight excluding hydrogens is 589 g/mol. The number of para-hydroxylation sites is 2. The van der Waals surface area contributed by atoms with E-state index in [4.69, 9.17) is 19.4 Å². The van der Waals surface area contributed by atoms with Gasteiger partial charge in [-0.05, 0) is 46.8 Å². The van der Waals surface area contributed by atoms with Gasteiger partial charge in [-0.1, -0.05) is 127 Å². The van der Waals surface area contributed by atoms with Crippen molar-refractivity contribution >= 4 is 49.5 Å². The fourth-order valence-electron chi connectivity index (χ4n) is 6.89. The maximum absolute atomic E-state index is 6.61. The van der Waals surface area contributed by atoms with Gasteiger partial charge >= 0.3 is 0 Å². The molecular formula is C43H26N4O. The standard InChI is InChI=1S/C43H26N4O/c1-3-11-28(12-4-1)36-26-37(29-13-5-2-6-14-29)45-41(44-36)30-21-19-27(20-22-30)31-23-24-39-34(25-31)40-32-15-7-8-16-33(32)42-46-35-17-9-10-18-38(35)47(42)43(40)48-39/h1-26H. The van der Waals surface area contributed by atoms with E-state index >= 15 is 0 Å². The van der Waals surface area contributed by atoms with Gasteiger partial charge in [-0.3, -0.25) is 4.40 Å². The first-order chi connectivity index (χ1) is 23.8. The van der Waals surface area contributed by atoms with E-state index in [0.29, 0.717) is 5.82 Å². The van der Waals surface area contributed by atoms with Crippen molar-refractivity contribution < 1.29 is 4.42 Å². The second kappa shape index (κ2) is 10.5. The Morgan fingerprint density at radius 2 is 1.04 bits per heavy atom. The second-order valence-corrected chi connectivity index (χ2v) is 12.1. The van der Waals surface area contributed by atoms with E-state index in [-0.39, 0.29) is 0 Å². The van der Waals surface area contributed by atoms with Crippen molar-refractivity contribution in [2.45, 2.75) is 0 Å². The van der Waals surface area contributed by atoms with Crippen molar-refractivity contribution in [1.82, 2.24) is 19.4 Å². The molecule has 0 radical (unpaired) electrons. The summed E-state index contributed by atoms with van der Waals surface area (Å²) in [4.78, 5) is 15.0. The molecule has 48 heavy (non-hydrogen) atoms. The van der Waals surface area contributed by atoms with Crippen molar-refractivity contribution in [3.63, 3.8) is 0 Å². The lowest BCUT2D eigenvalue weighted by Gasteiger charge is -2.10. The Kier molecular flexibility index (Phi) is 5.81. The van der Waals surface area contributed by atoms with Crippen LogP contribution in [0.4, 0.5) is 0 Å². The SMILES string of the molecule is c1ccc(-c2cc(-c3ccccc3)nc(-c3ccc(-c4ccc5oc6c(c5c4)c4ccccc4c4nc5ccccc5n46)cc3)n2)cc1. The van der Waals surface area contributed by atoms with E-state index in [1.807, 2.05) is 48.5 Å². The first-order valence-electron chi connectivity index (χ1n) is 16.0. The molecule has 0 amide bonds. The molecule has 0 N–H and O–H groups in total. The lowest BCUT2D eigenvalue weighted by molar-refractivity contribution is 0.650. The van der Waals surface area contributed by atoms with E-state index in [9.17, 15) is 0 Å². The average molecular weight is 615 g/mol. The Hall–Kier alpha value is -6.59. The van der Waals surface area contributed by atoms with Gasteiger partial charge < -0.3 is 4.42 Å². The molecule has 0 fully saturated rings. The maximum atomic E-state index is 6.61. The van der Waals surface area contributed by atoms with Crippen molar-refractivity contribution in [1.29, 1.82) is 0 Å². The average Bonchev–Trinajstić information content (AvgIpc) is 3.75. The largest absolute Gasteiger partial charge is 0.439 e. The van der Waals surface area contributed by atoms with Crippen LogP contribution < -0.4 is 0 Å². The number of nitrogens with zero attached hydrogens (tertiary/aromatic N) is 4. The van der Waals surface area contributed by atoms with Gasteiger partial charge in [-0.2, -0.15) is 0 Å². The van der Waals surface area contributed by atoms with Crippen molar-refractivity contribution in [2.75, 3.05) is 0 Å². The van der Waals surface area contributed by atoms with Crippen LogP contribution >= 0.6 is 0 Å². The first kappa shape index (κ1) is 26.6.